The fourth-order valence-electron chi connectivity index (χ4n) is 2.20. The number of ether oxygens (including phenoxy) is 1. The van der Waals surface area contributed by atoms with Crippen LogP contribution in [0, 0.1) is 0 Å². The summed E-state index contributed by atoms with van der Waals surface area (Å²) in [6, 6.07) is 9.60. The summed E-state index contributed by atoms with van der Waals surface area (Å²) in [4.78, 5) is 15.2. The second-order valence-electron chi connectivity index (χ2n) is 4.15. The number of hydrogen-bond donors (Lipinski definition) is 1. The van der Waals surface area contributed by atoms with E-state index in [0.29, 0.717) is 12.3 Å². The zero-order chi connectivity index (χ0) is 13.2. The van der Waals surface area contributed by atoms with Crippen molar-refractivity contribution in [1.82, 2.24) is 4.98 Å². The first-order valence-electron chi connectivity index (χ1n) is 6.11. The Hall–Kier alpha value is -2.49. The van der Waals surface area contributed by atoms with Gasteiger partial charge in [0.25, 0.3) is 0 Å². The lowest BCUT2D eigenvalue weighted by atomic mass is 10.0. The van der Waals surface area contributed by atoms with Crippen molar-refractivity contribution in [3.05, 3.63) is 48.6 Å². The normalized spacial score (nSPS) is 10.8. The van der Waals surface area contributed by atoms with Crippen molar-refractivity contribution in [3.8, 4) is 11.1 Å². The summed E-state index contributed by atoms with van der Waals surface area (Å²) in [6.07, 6.45) is 3.21. The molecular formula is C15H13NO3. The Balaban J connectivity index is 2.26. The van der Waals surface area contributed by atoms with Crippen LogP contribution in [-0.2, 0) is 4.74 Å². The molecular weight excluding hydrogens is 242 g/mol. The number of furan rings is 1. The summed E-state index contributed by atoms with van der Waals surface area (Å²) in [7, 11) is 0. The predicted molar refractivity (Wildman–Crippen MR) is 72.0 cm³/mol. The van der Waals surface area contributed by atoms with Gasteiger partial charge in [0, 0.05) is 22.0 Å². The van der Waals surface area contributed by atoms with Crippen LogP contribution < -0.4 is 0 Å². The molecule has 0 bridgehead atoms. The van der Waals surface area contributed by atoms with E-state index in [0.717, 1.165) is 22.0 Å². The molecule has 19 heavy (non-hydrogen) atoms. The van der Waals surface area contributed by atoms with E-state index in [2.05, 4.69) is 4.98 Å². The van der Waals surface area contributed by atoms with E-state index in [4.69, 9.17) is 9.15 Å². The van der Waals surface area contributed by atoms with Crippen molar-refractivity contribution in [2.45, 2.75) is 6.92 Å². The van der Waals surface area contributed by atoms with Gasteiger partial charge < -0.3 is 14.1 Å². The van der Waals surface area contributed by atoms with Crippen molar-refractivity contribution in [2.24, 2.45) is 0 Å². The van der Waals surface area contributed by atoms with Crippen LogP contribution in [0.5, 0.6) is 0 Å². The monoisotopic (exact) mass is 255 g/mol. The summed E-state index contributed by atoms with van der Waals surface area (Å²) in [5, 5.41) is 0.979. The third-order valence-electron chi connectivity index (χ3n) is 3.00. The molecule has 0 saturated carbocycles. The Morgan fingerprint density at radius 2 is 2.16 bits per heavy atom. The third kappa shape index (κ3) is 1.91. The molecule has 0 fully saturated rings. The molecule has 0 saturated heterocycles. The van der Waals surface area contributed by atoms with Gasteiger partial charge in [-0.15, -0.1) is 0 Å². The van der Waals surface area contributed by atoms with Crippen LogP contribution in [0.4, 0.5) is 0 Å². The largest absolute Gasteiger partial charge is 0.472 e. The van der Waals surface area contributed by atoms with Crippen LogP contribution >= 0.6 is 0 Å². The molecule has 2 heterocycles. The van der Waals surface area contributed by atoms with Gasteiger partial charge >= 0.3 is 5.97 Å². The number of para-hydroxylation sites is 1. The van der Waals surface area contributed by atoms with E-state index in [-0.39, 0.29) is 5.97 Å². The van der Waals surface area contributed by atoms with Gasteiger partial charge in [0.05, 0.1) is 19.1 Å². The molecule has 4 nitrogen and oxygen atoms in total. The molecule has 0 atom stereocenters. The Morgan fingerprint density at radius 1 is 1.32 bits per heavy atom. The zero-order valence-electron chi connectivity index (χ0n) is 10.5. The Kier molecular flexibility index (Phi) is 2.83. The minimum absolute atomic E-state index is 0.346. The van der Waals surface area contributed by atoms with Gasteiger partial charge in [0.1, 0.15) is 5.69 Å². The van der Waals surface area contributed by atoms with Crippen molar-refractivity contribution in [3.63, 3.8) is 0 Å². The number of aromatic amines is 1. The number of carbonyl (C=O) groups is 1. The van der Waals surface area contributed by atoms with Crippen LogP contribution in [0.25, 0.3) is 22.0 Å². The number of rotatable bonds is 3. The quantitative estimate of drug-likeness (QED) is 0.727. The van der Waals surface area contributed by atoms with E-state index < -0.39 is 0 Å². The Morgan fingerprint density at radius 3 is 2.89 bits per heavy atom. The molecule has 0 radical (unpaired) electrons. The molecule has 4 heteroatoms. The lowest BCUT2D eigenvalue weighted by molar-refractivity contribution is 0.0521. The SMILES string of the molecule is CCOC(=O)c1[nH]c2ccccc2c1-c1ccoc1. The van der Waals surface area contributed by atoms with Gasteiger partial charge in [0.2, 0.25) is 0 Å². The van der Waals surface area contributed by atoms with Crippen molar-refractivity contribution in [2.75, 3.05) is 6.61 Å². The first kappa shape index (κ1) is 11.6. The highest BCUT2D eigenvalue weighted by atomic mass is 16.5. The highest BCUT2D eigenvalue weighted by Crippen LogP contribution is 2.33. The number of esters is 1. The predicted octanol–water partition coefficient (Wildman–Crippen LogP) is 3.60. The summed E-state index contributed by atoms with van der Waals surface area (Å²) >= 11 is 0. The van der Waals surface area contributed by atoms with E-state index in [1.807, 2.05) is 30.3 Å². The summed E-state index contributed by atoms with van der Waals surface area (Å²) in [5.74, 6) is -0.352. The van der Waals surface area contributed by atoms with Gasteiger partial charge in [-0.1, -0.05) is 18.2 Å². The summed E-state index contributed by atoms with van der Waals surface area (Å²) < 4.78 is 10.2. The summed E-state index contributed by atoms with van der Waals surface area (Å²) in [5.41, 5.74) is 3.05. The zero-order valence-corrected chi connectivity index (χ0v) is 10.5. The van der Waals surface area contributed by atoms with Gasteiger partial charge in [-0.3, -0.25) is 0 Å². The molecule has 0 aliphatic heterocycles. The lowest BCUT2D eigenvalue weighted by Crippen LogP contribution is -2.06. The summed E-state index contributed by atoms with van der Waals surface area (Å²) in [6.45, 7) is 2.14. The first-order chi connectivity index (χ1) is 9.31. The van der Waals surface area contributed by atoms with Crippen molar-refractivity contribution < 1.29 is 13.9 Å². The molecule has 0 unspecified atom stereocenters. The molecule has 0 aliphatic rings. The fourth-order valence-corrected chi connectivity index (χ4v) is 2.20. The molecule has 2 aromatic heterocycles. The highest BCUT2D eigenvalue weighted by molar-refractivity contribution is 6.07. The highest BCUT2D eigenvalue weighted by Gasteiger charge is 2.20. The van der Waals surface area contributed by atoms with Crippen LogP contribution in [0.1, 0.15) is 17.4 Å². The van der Waals surface area contributed by atoms with E-state index in [1.165, 1.54) is 0 Å². The topological polar surface area (TPSA) is 55.2 Å². The number of aromatic nitrogens is 1. The lowest BCUT2D eigenvalue weighted by Gasteiger charge is -2.02. The molecule has 1 N–H and O–H groups in total. The van der Waals surface area contributed by atoms with Gasteiger partial charge in [0.15, 0.2) is 0 Å². The van der Waals surface area contributed by atoms with Crippen LogP contribution in [-0.4, -0.2) is 17.6 Å². The smallest absolute Gasteiger partial charge is 0.355 e. The van der Waals surface area contributed by atoms with Gasteiger partial charge in [-0.05, 0) is 19.1 Å². The molecule has 3 aromatic rings. The number of carbonyl (C=O) groups excluding carboxylic acids is 1. The second kappa shape index (κ2) is 4.65. The molecule has 0 amide bonds. The van der Waals surface area contributed by atoms with E-state index >= 15 is 0 Å². The molecule has 3 rings (SSSR count). The Labute approximate surface area is 110 Å². The number of benzene rings is 1. The maximum Gasteiger partial charge on any atom is 0.355 e. The average Bonchev–Trinajstić information content (AvgIpc) is 3.05. The first-order valence-corrected chi connectivity index (χ1v) is 6.11. The van der Waals surface area contributed by atoms with Crippen LogP contribution in [0.15, 0.2) is 47.3 Å². The van der Waals surface area contributed by atoms with Crippen molar-refractivity contribution >= 4 is 16.9 Å². The van der Waals surface area contributed by atoms with Crippen LogP contribution in [0.2, 0.25) is 0 Å². The molecule has 0 spiro atoms. The van der Waals surface area contributed by atoms with Gasteiger partial charge in [-0.25, -0.2) is 4.79 Å². The van der Waals surface area contributed by atoms with E-state index in [1.54, 1.807) is 19.5 Å². The number of H-pyrrole nitrogens is 1. The van der Waals surface area contributed by atoms with E-state index in [9.17, 15) is 4.79 Å². The molecule has 1 aromatic carbocycles. The third-order valence-corrected chi connectivity index (χ3v) is 3.00. The number of fused-ring (bicyclic) bond motifs is 1. The van der Waals surface area contributed by atoms with Gasteiger partial charge in [-0.2, -0.15) is 0 Å². The molecule has 96 valence electrons. The number of hydrogen-bond acceptors (Lipinski definition) is 3. The average molecular weight is 255 g/mol. The number of nitrogens with one attached hydrogen (secondary N) is 1. The Bertz CT molecular complexity index is 710. The van der Waals surface area contributed by atoms with Crippen LogP contribution in [0.3, 0.4) is 0 Å². The minimum Gasteiger partial charge on any atom is -0.472 e. The maximum atomic E-state index is 12.0. The van der Waals surface area contributed by atoms with Crippen molar-refractivity contribution in [1.29, 1.82) is 0 Å². The standard InChI is InChI=1S/C15H13NO3/c1-2-19-15(17)14-13(10-7-8-18-9-10)11-5-3-4-6-12(11)16-14/h3-9,16H,2H2,1H3. The maximum absolute atomic E-state index is 12.0. The second-order valence-corrected chi connectivity index (χ2v) is 4.15. The fraction of sp³-hybridized carbons (Fsp3) is 0.133. The molecule has 0 aliphatic carbocycles. The minimum atomic E-state index is -0.352.